The number of carboxylic acid groups (broad SMARTS) is 1. The molecule has 0 bridgehead atoms. The van der Waals surface area contributed by atoms with Gasteiger partial charge in [0.15, 0.2) is 0 Å². The van der Waals surface area contributed by atoms with Crippen LogP contribution in [0.2, 0.25) is 0 Å². The van der Waals surface area contributed by atoms with Crippen LogP contribution in [0.4, 0.5) is 0 Å². The summed E-state index contributed by atoms with van der Waals surface area (Å²) in [5, 5.41) is 9.97. The van der Waals surface area contributed by atoms with E-state index in [1.54, 1.807) is 0 Å². The molecule has 2 rings (SSSR count). The Morgan fingerprint density at radius 2 is 2.00 bits per heavy atom. The van der Waals surface area contributed by atoms with Crippen LogP contribution in [0.5, 0.6) is 0 Å². The zero-order valence-corrected chi connectivity index (χ0v) is 11.8. The molecule has 0 saturated carbocycles. The van der Waals surface area contributed by atoms with E-state index in [-0.39, 0.29) is 11.8 Å². The highest BCUT2D eigenvalue weighted by molar-refractivity contribution is 5.89. The predicted molar refractivity (Wildman–Crippen MR) is 76.5 cm³/mol. The van der Waals surface area contributed by atoms with Gasteiger partial charge in [0.05, 0.1) is 11.9 Å². The fraction of sp³-hybridized carbons (Fsp3) is 0.375. The van der Waals surface area contributed by atoms with Crippen LogP contribution in [0, 0.1) is 6.92 Å². The first kappa shape index (κ1) is 13.5. The van der Waals surface area contributed by atoms with Gasteiger partial charge in [0.1, 0.15) is 0 Å². The Labute approximate surface area is 113 Å². The minimum absolute atomic E-state index is 0.0131. The lowest BCUT2D eigenvalue weighted by Crippen LogP contribution is -2.13. The van der Waals surface area contributed by atoms with Gasteiger partial charge in [-0.1, -0.05) is 39.0 Å². The van der Waals surface area contributed by atoms with E-state index in [1.807, 2.05) is 25.1 Å². The molecule has 0 unspecified atom stereocenters. The van der Waals surface area contributed by atoms with Gasteiger partial charge in [0.2, 0.25) is 0 Å². The summed E-state index contributed by atoms with van der Waals surface area (Å²) in [4.78, 5) is 15.6. The maximum atomic E-state index is 11.0. The summed E-state index contributed by atoms with van der Waals surface area (Å²) in [5.41, 5.74) is 3.76. The average Bonchev–Trinajstić information content (AvgIpc) is 2.25. The zero-order chi connectivity index (χ0) is 14.2. The van der Waals surface area contributed by atoms with Crippen LogP contribution in [-0.2, 0) is 16.6 Å². The molecular formula is C16H19NO2. The first-order valence-electron chi connectivity index (χ1n) is 6.40. The Morgan fingerprint density at radius 1 is 1.32 bits per heavy atom. The fourth-order valence-electron chi connectivity index (χ4n) is 2.38. The third-order valence-electron chi connectivity index (χ3n) is 3.20. The average molecular weight is 257 g/mol. The molecule has 3 heteroatoms. The molecule has 1 aromatic heterocycles. The van der Waals surface area contributed by atoms with Gasteiger partial charge in [-0.15, -0.1) is 0 Å². The topological polar surface area (TPSA) is 50.2 Å². The number of fused-ring (bicyclic) bond motifs is 1. The van der Waals surface area contributed by atoms with E-state index >= 15 is 0 Å². The lowest BCUT2D eigenvalue weighted by molar-refractivity contribution is -0.136. The van der Waals surface area contributed by atoms with Gasteiger partial charge in [-0.05, 0) is 29.5 Å². The van der Waals surface area contributed by atoms with Crippen molar-refractivity contribution in [3.8, 4) is 0 Å². The van der Waals surface area contributed by atoms with E-state index in [9.17, 15) is 4.79 Å². The van der Waals surface area contributed by atoms with E-state index < -0.39 is 5.97 Å². The first-order chi connectivity index (χ1) is 8.79. The van der Waals surface area contributed by atoms with Crippen LogP contribution in [0.15, 0.2) is 24.3 Å². The number of hydrogen-bond acceptors (Lipinski definition) is 2. The van der Waals surface area contributed by atoms with Crippen LogP contribution >= 0.6 is 0 Å². The van der Waals surface area contributed by atoms with Gasteiger partial charge >= 0.3 is 5.97 Å². The van der Waals surface area contributed by atoms with Crippen molar-refractivity contribution in [3.63, 3.8) is 0 Å². The van der Waals surface area contributed by atoms with E-state index in [0.717, 1.165) is 27.7 Å². The second kappa shape index (κ2) is 4.65. The van der Waals surface area contributed by atoms with E-state index in [0.29, 0.717) is 0 Å². The summed E-state index contributed by atoms with van der Waals surface area (Å²) < 4.78 is 0. The molecule has 1 N–H and O–H groups in total. The molecule has 0 aliphatic rings. The number of hydrogen-bond donors (Lipinski definition) is 1. The maximum Gasteiger partial charge on any atom is 0.307 e. The van der Waals surface area contributed by atoms with Gasteiger partial charge in [-0.3, -0.25) is 9.78 Å². The number of aryl methyl sites for hydroxylation is 1. The van der Waals surface area contributed by atoms with Crippen LogP contribution in [-0.4, -0.2) is 16.1 Å². The highest BCUT2D eigenvalue weighted by atomic mass is 16.4. The normalized spacial score (nSPS) is 11.8. The lowest BCUT2D eigenvalue weighted by atomic mass is 9.84. The monoisotopic (exact) mass is 257 g/mol. The van der Waals surface area contributed by atoms with E-state index in [2.05, 4.69) is 31.8 Å². The van der Waals surface area contributed by atoms with E-state index in [1.165, 1.54) is 0 Å². The number of aliphatic carboxylic acids is 1. The van der Waals surface area contributed by atoms with E-state index in [4.69, 9.17) is 5.11 Å². The summed E-state index contributed by atoms with van der Waals surface area (Å²) in [6.07, 6.45) is 0.0352. The summed E-state index contributed by atoms with van der Waals surface area (Å²) in [6.45, 7) is 8.33. The number of para-hydroxylation sites is 1. The molecular weight excluding hydrogens is 238 g/mol. The number of rotatable bonds is 2. The second-order valence-corrected chi connectivity index (χ2v) is 5.95. The standard InChI is InChI=1S/C16H19NO2/c1-10-8-11(9-14(18)19)12-6-5-7-13(15(12)17-10)16(2,3)4/h5-8H,9H2,1-4H3,(H,18,19). The molecule has 0 spiro atoms. The third-order valence-corrected chi connectivity index (χ3v) is 3.20. The Kier molecular flexibility index (Phi) is 3.31. The van der Waals surface area contributed by atoms with Crippen LogP contribution < -0.4 is 0 Å². The molecule has 0 radical (unpaired) electrons. The maximum absolute atomic E-state index is 11.0. The molecule has 0 saturated heterocycles. The fourth-order valence-corrected chi connectivity index (χ4v) is 2.38. The van der Waals surface area contributed by atoms with Gasteiger partial charge in [-0.25, -0.2) is 0 Å². The molecule has 100 valence electrons. The molecule has 0 aliphatic carbocycles. The van der Waals surface area contributed by atoms with Gasteiger partial charge in [0, 0.05) is 11.1 Å². The molecule has 0 fully saturated rings. The molecule has 0 aliphatic heterocycles. The highest BCUT2D eigenvalue weighted by Crippen LogP contribution is 2.30. The molecule has 2 aromatic rings. The predicted octanol–water partition coefficient (Wildman–Crippen LogP) is 3.47. The van der Waals surface area contributed by atoms with Crippen molar-refractivity contribution in [2.75, 3.05) is 0 Å². The van der Waals surface area contributed by atoms with Crippen LogP contribution in [0.3, 0.4) is 0 Å². The summed E-state index contributed by atoms with van der Waals surface area (Å²) in [7, 11) is 0. The summed E-state index contributed by atoms with van der Waals surface area (Å²) in [5.74, 6) is -0.812. The number of benzene rings is 1. The minimum Gasteiger partial charge on any atom is -0.481 e. The van der Waals surface area contributed by atoms with Crippen molar-refractivity contribution in [1.82, 2.24) is 4.98 Å². The molecule has 0 atom stereocenters. The smallest absolute Gasteiger partial charge is 0.307 e. The van der Waals surface area contributed by atoms with Crippen molar-refractivity contribution in [2.24, 2.45) is 0 Å². The Balaban J connectivity index is 2.77. The zero-order valence-electron chi connectivity index (χ0n) is 11.8. The Bertz CT molecular complexity index is 639. The number of aromatic nitrogens is 1. The molecule has 0 amide bonds. The van der Waals surface area contributed by atoms with Crippen LogP contribution in [0.1, 0.15) is 37.6 Å². The van der Waals surface area contributed by atoms with Gasteiger partial charge < -0.3 is 5.11 Å². The van der Waals surface area contributed by atoms with Crippen LogP contribution in [0.25, 0.3) is 10.9 Å². The highest BCUT2D eigenvalue weighted by Gasteiger charge is 2.19. The summed E-state index contributed by atoms with van der Waals surface area (Å²) in [6, 6.07) is 7.86. The SMILES string of the molecule is Cc1cc(CC(=O)O)c2cccc(C(C)(C)C)c2n1. The summed E-state index contributed by atoms with van der Waals surface area (Å²) >= 11 is 0. The molecule has 1 aromatic carbocycles. The number of pyridine rings is 1. The Hall–Kier alpha value is -1.90. The minimum atomic E-state index is -0.812. The molecule has 19 heavy (non-hydrogen) atoms. The number of carboxylic acids is 1. The molecule has 1 heterocycles. The van der Waals surface area contributed by atoms with Crippen molar-refractivity contribution in [3.05, 3.63) is 41.1 Å². The van der Waals surface area contributed by atoms with Gasteiger partial charge in [0.25, 0.3) is 0 Å². The lowest BCUT2D eigenvalue weighted by Gasteiger charge is -2.21. The van der Waals surface area contributed by atoms with Crippen molar-refractivity contribution in [2.45, 2.75) is 39.5 Å². The van der Waals surface area contributed by atoms with Crippen molar-refractivity contribution >= 4 is 16.9 Å². The quantitative estimate of drug-likeness (QED) is 0.896. The largest absolute Gasteiger partial charge is 0.481 e. The number of nitrogens with zero attached hydrogens (tertiary/aromatic N) is 1. The van der Waals surface area contributed by atoms with Crippen molar-refractivity contribution < 1.29 is 9.90 Å². The Morgan fingerprint density at radius 3 is 2.58 bits per heavy atom. The molecule has 3 nitrogen and oxygen atoms in total. The first-order valence-corrected chi connectivity index (χ1v) is 6.40. The van der Waals surface area contributed by atoms with Gasteiger partial charge in [-0.2, -0.15) is 0 Å². The second-order valence-electron chi connectivity index (χ2n) is 5.95. The third kappa shape index (κ3) is 2.75. The van der Waals surface area contributed by atoms with Crippen molar-refractivity contribution in [1.29, 1.82) is 0 Å². The number of carbonyl (C=O) groups is 1.